The number of thiazole rings is 1. The molecule has 1 saturated heterocycles. The van der Waals surface area contributed by atoms with E-state index in [-0.39, 0.29) is 55.0 Å². The molecule has 2 aromatic carbocycles. The van der Waals surface area contributed by atoms with Gasteiger partial charge in [-0.3, -0.25) is 14.5 Å². The summed E-state index contributed by atoms with van der Waals surface area (Å²) in [5, 5.41) is 18.1. The van der Waals surface area contributed by atoms with Gasteiger partial charge in [0.05, 0.1) is 27.2 Å². The summed E-state index contributed by atoms with van der Waals surface area (Å²) in [6, 6.07) is 14.1. The van der Waals surface area contributed by atoms with Crippen molar-refractivity contribution in [3.63, 3.8) is 0 Å². The molecule has 0 bridgehead atoms. The second kappa shape index (κ2) is 15.1. The molecule has 4 rings (SSSR count). The molecule has 3 N–H and O–H groups in total. The third-order valence-electron chi connectivity index (χ3n) is 8.03. The molecule has 0 saturated carbocycles. The predicted molar refractivity (Wildman–Crippen MR) is 178 cm³/mol. The molecule has 3 aromatic rings. The smallest absolute Gasteiger partial charge is 0.245 e. The molecule has 45 heavy (non-hydrogen) atoms. The number of fused-ring (bicyclic) bond motifs is 1. The number of carbonyl (C=O) groups excluding carboxylic acids is 2. The van der Waals surface area contributed by atoms with E-state index in [0.717, 1.165) is 36.2 Å². The Balaban J connectivity index is 1.47. The van der Waals surface area contributed by atoms with E-state index in [1.165, 1.54) is 21.7 Å². The maximum atomic E-state index is 14.2. The van der Waals surface area contributed by atoms with Crippen LogP contribution in [0.2, 0.25) is 0 Å². The van der Waals surface area contributed by atoms with Crippen molar-refractivity contribution in [1.82, 2.24) is 24.8 Å². The summed E-state index contributed by atoms with van der Waals surface area (Å²) in [5.74, 6) is -0.354. The Kier molecular flexibility index (Phi) is 11.8. The zero-order chi connectivity index (χ0) is 32.7. The zero-order valence-corrected chi connectivity index (χ0v) is 28.4. The molecule has 1 fully saturated rings. The SMILES string of the molecule is CC(C)CN(C(O)(CCNC(=O)CC(C)(C)CNC(=O)CN1CCCC1)Cc1ccccc1)S(=O)(=O)c1ccc2ncsc2c1. The fourth-order valence-electron chi connectivity index (χ4n) is 5.67. The highest BCUT2D eigenvalue weighted by atomic mass is 32.2. The van der Waals surface area contributed by atoms with Gasteiger partial charge in [-0.25, -0.2) is 13.4 Å². The average Bonchev–Trinajstić information content (AvgIpc) is 3.67. The molecule has 0 spiro atoms. The van der Waals surface area contributed by atoms with E-state index < -0.39 is 21.2 Å². The normalized spacial score (nSPS) is 15.9. The van der Waals surface area contributed by atoms with Gasteiger partial charge >= 0.3 is 0 Å². The van der Waals surface area contributed by atoms with Crippen molar-refractivity contribution in [1.29, 1.82) is 0 Å². The van der Waals surface area contributed by atoms with E-state index in [0.29, 0.717) is 18.6 Å². The zero-order valence-electron chi connectivity index (χ0n) is 26.8. The Bertz CT molecular complexity index is 1540. The Morgan fingerprint density at radius 2 is 1.78 bits per heavy atom. The second-order valence-corrected chi connectivity index (χ2v) is 16.0. The molecule has 0 radical (unpaired) electrons. The summed E-state index contributed by atoms with van der Waals surface area (Å²) < 4.78 is 30.4. The molecule has 246 valence electrons. The van der Waals surface area contributed by atoms with E-state index in [9.17, 15) is 23.1 Å². The summed E-state index contributed by atoms with van der Waals surface area (Å²) in [4.78, 5) is 31.9. The lowest BCUT2D eigenvalue weighted by molar-refractivity contribution is -0.125. The number of nitrogens with zero attached hydrogens (tertiary/aromatic N) is 3. The minimum Gasteiger partial charge on any atom is -0.374 e. The molecule has 1 unspecified atom stereocenters. The van der Waals surface area contributed by atoms with Gasteiger partial charge < -0.3 is 15.7 Å². The van der Waals surface area contributed by atoms with Crippen LogP contribution in [0.4, 0.5) is 0 Å². The Labute approximate surface area is 271 Å². The van der Waals surface area contributed by atoms with Gasteiger partial charge in [0.25, 0.3) is 0 Å². The first-order valence-corrected chi connectivity index (χ1v) is 18.0. The minimum atomic E-state index is -4.14. The maximum Gasteiger partial charge on any atom is 0.245 e. The van der Waals surface area contributed by atoms with E-state index in [2.05, 4.69) is 20.5 Å². The van der Waals surface area contributed by atoms with Gasteiger partial charge in [-0.1, -0.05) is 58.0 Å². The number of carbonyl (C=O) groups is 2. The van der Waals surface area contributed by atoms with Crippen LogP contribution in [0.15, 0.2) is 58.9 Å². The van der Waals surface area contributed by atoms with Crippen LogP contribution in [0.1, 0.15) is 58.9 Å². The first-order valence-electron chi connectivity index (χ1n) is 15.7. The van der Waals surface area contributed by atoms with Gasteiger partial charge in [0.2, 0.25) is 21.8 Å². The maximum absolute atomic E-state index is 14.2. The fourth-order valence-corrected chi connectivity index (χ4v) is 8.32. The number of rotatable bonds is 16. The summed E-state index contributed by atoms with van der Waals surface area (Å²) >= 11 is 1.36. The molecule has 10 nitrogen and oxygen atoms in total. The fraction of sp³-hybridized carbons (Fsp3) is 0.545. The monoisotopic (exact) mass is 657 g/mol. The van der Waals surface area contributed by atoms with Crippen LogP contribution >= 0.6 is 11.3 Å². The number of amides is 2. The van der Waals surface area contributed by atoms with Gasteiger partial charge in [-0.2, -0.15) is 4.31 Å². The van der Waals surface area contributed by atoms with Crippen LogP contribution in [0, 0.1) is 11.3 Å². The topological polar surface area (TPSA) is 132 Å². The lowest BCUT2D eigenvalue weighted by Gasteiger charge is -2.40. The number of likely N-dealkylation sites (tertiary alicyclic amines) is 1. The van der Waals surface area contributed by atoms with Crippen molar-refractivity contribution >= 4 is 43.4 Å². The third-order valence-corrected chi connectivity index (χ3v) is 10.7. The molecule has 1 aliphatic rings. The van der Waals surface area contributed by atoms with Crippen molar-refractivity contribution in [3.05, 3.63) is 59.6 Å². The number of aliphatic hydroxyl groups is 1. The first kappa shape index (κ1) is 35.0. The summed E-state index contributed by atoms with van der Waals surface area (Å²) in [6.07, 6.45) is 2.42. The summed E-state index contributed by atoms with van der Waals surface area (Å²) in [5.41, 5.74) is 0.850. The van der Waals surface area contributed by atoms with E-state index in [1.807, 2.05) is 58.0 Å². The molecule has 0 aliphatic carbocycles. The number of aromatic nitrogens is 1. The molecular weight excluding hydrogens is 611 g/mol. The lowest BCUT2D eigenvalue weighted by Crippen LogP contribution is -2.55. The van der Waals surface area contributed by atoms with Crippen molar-refractivity contribution in [3.8, 4) is 0 Å². The average molecular weight is 658 g/mol. The molecule has 1 aliphatic heterocycles. The minimum absolute atomic E-state index is 0.0185. The van der Waals surface area contributed by atoms with Gasteiger partial charge in [-0.15, -0.1) is 11.3 Å². The lowest BCUT2D eigenvalue weighted by atomic mass is 9.88. The summed E-state index contributed by atoms with van der Waals surface area (Å²) in [6.45, 7) is 10.4. The molecular formula is C33H47N5O5S2. The van der Waals surface area contributed by atoms with Crippen molar-refractivity contribution in [2.75, 3.05) is 39.3 Å². The first-order chi connectivity index (χ1) is 21.3. The van der Waals surface area contributed by atoms with Crippen LogP contribution in [0.3, 0.4) is 0 Å². The molecule has 1 aromatic heterocycles. The number of sulfonamides is 1. The quantitative estimate of drug-likeness (QED) is 0.199. The van der Waals surface area contributed by atoms with Crippen LogP contribution in [-0.4, -0.2) is 84.5 Å². The predicted octanol–water partition coefficient (Wildman–Crippen LogP) is 4.01. The van der Waals surface area contributed by atoms with Gasteiger partial charge in [0.15, 0.2) is 0 Å². The van der Waals surface area contributed by atoms with Gasteiger partial charge in [0.1, 0.15) is 5.72 Å². The van der Waals surface area contributed by atoms with E-state index in [4.69, 9.17) is 0 Å². The highest BCUT2D eigenvalue weighted by molar-refractivity contribution is 7.89. The van der Waals surface area contributed by atoms with E-state index in [1.54, 1.807) is 17.6 Å². The molecule has 1 atom stereocenters. The third kappa shape index (κ3) is 9.79. The second-order valence-electron chi connectivity index (χ2n) is 13.3. The molecule has 2 amide bonds. The Morgan fingerprint density at radius 1 is 1.07 bits per heavy atom. The van der Waals surface area contributed by atoms with E-state index >= 15 is 0 Å². The highest BCUT2D eigenvalue weighted by Crippen LogP contribution is 2.32. The number of hydrogen-bond acceptors (Lipinski definition) is 8. The Hall–Kier alpha value is -2.90. The number of nitrogens with one attached hydrogen (secondary N) is 2. The summed E-state index contributed by atoms with van der Waals surface area (Å²) in [7, 11) is -4.14. The van der Waals surface area contributed by atoms with Crippen molar-refractivity contribution < 1.29 is 23.1 Å². The van der Waals surface area contributed by atoms with Crippen molar-refractivity contribution in [2.45, 2.75) is 70.4 Å². The molecule has 12 heteroatoms. The largest absolute Gasteiger partial charge is 0.374 e. The van der Waals surface area contributed by atoms with Crippen LogP contribution in [0.25, 0.3) is 10.2 Å². The van der Waals surface area contributed by atoms with Crippen LogP contribution in [0.5, 0.6) is 0 Å². The molecule has 2 heterocycles. The Morgan fingerprint density at radius 3 is 2.47 bits per heavy atom. The highest BCUT2D eigenvalue weighted by Gasteiger charge is 2.43. The van der Waals surface area contributed by atoms with Gasteiger partial charge in [-0.05, 0) is 61.0 Å². The van der Waals surface area contributed by atoms with Gasteiger partial charge in [0, 0.05) is 38.9 Å². The van der Waals surface area contributed by atoms with Crippen molar-refractivity contribution in [2.24, 2.45) is 11.3 Å². The number of benzene rings is 2. The van der Waals surface area contributed by atoms with Crippen LogP contribution in [-0.2, 0) is 26.0 Å². The standard InChI is InChI=1S/C33H47N5O5S2/c1-25(2)21-38(45(42,43)27-12-13-28-29(18-27)44-24-36-28)33(41,19-26-10-6-5-7-11-26)14-15-34-30(39)20-32(3,4)23-35-31(40)22-37-16-8-9-17-37/h5-7,10-13,18,24-25,41H,8-9,14-17,19-23H2,1-4H3,(H,34,39)(H,35,40). The van der Waals surface area contributed by atoms with Crippen LogP contribution < -0.4 is 10.6 Å². The number of hydrogen-bond donors (Lipinski definition) is 3.